The van der Waals surface area contributed by atoms with Gasteiger partial charge in [-0.1, -0.05) is 6.07 Å². The van der Waals surface area contributed by atoms with Gasteiger partial charge in [0.2, 0.25) is 5.91 Å². The Morgan fingerprint density at radius 1 is 1.18 bits per heavy atom. The lowest BCUT2D eigenvalue weighted by Crippen LogP contribution is -2.65. The van der Waals surface area contributed by atoms with Crippen molar-refractivity contribution >= 4 is 42.8 Å². The van der Waals surface area contributed by atoms with Gasteiger partial charge in [-0.25, -0.2) is 22.6 Å². The van der Waals surface area contributed by atoms with Crippen LogP contribution in [-0.4, -0.2) is 107 Å². The van der Waals surface area contributed by atoms with Crippen molar-refractivity contribution in [2.45, 2.75) is 31.9 Å². The van der Waals surface area contributed by atoms with Gasteiger partial charge in [0.15, 0.2) is 0 Å². The maximum atomic E-state index is 12.3. The van der Waals surface area contributed by atoms with Gasteiger partial charge in [-0.05, 0) is 24.1 Å². The summed E-state index contributed by atoms with van der Waals surface area (Å²) in [5.41, 5.74) is 3.99. The van der Waals surface area contributed by atoms with Gasteiger partial charge in [0, 0.05) is 85.1 Å². The monoisotopic (exact) mass is 589 g/mol. The Hall–Kier alpha value is -2.97. The van der Waals surface area contributed by atoms with Gasteiger partial charge in [0.25, 0.3) is 0 Å². The van der Waals surface area contributed by atoms with Crippen LogP contribution >= 0.6 is 0 Å². The van der Waals surface area contributed by atoms with Crippen molar-refractivity contribution in [1.29, 1.82) is 4.78 Å². The number of benzene rings is 1. The number of aromatic nitrogens is 2. The molecule has 40 heavy (non-hydrogen) atoms. The molecule has 3 saturated heterocycles. The Balaban J connectivity index is 1.10. The van der Waals surface area contributed by atoms with E-state index >= 15 is 0 Å². The first-order valence-electron chi connectivity index (χ1n) is 13.5. The van der Waals surface area contributed by atoms with E-state index in [1.165, 1.54) is 11.9 Å². The second-order valence-electron chi connectivity index (χ2n) is 11.3. The van der Waals surface area contributed by atoms with Gasteiger partial charge in [0.05, 0.1) is 17.0 Å². The highest BCUT2D eigenvalue weighted by Gasteiger charge is 2.41. The fourth-order valence-corrected chi connectivity index (χ4v) is 7.57. The van der Waals surface area contributed by atoms with Crippen LogP contribution in [0.5, 0.6) is 5.75 Å². The second kappa shape index (κ2) is 10.1. The first kappa shape index (κ1) is 27.2. The first-order chi connectivity index (χ1) is 19.0. The van der Waals surface area contributed by atoms with E-state index in [0.717, 1.165) is 47.7 Å². The number of nitrogens with one attached hydrogen (secondary N) is 2. The number of likely N-dealkylation sites (tertiary alicyclic amines) is 2. The standard InChI is InChI=1S/C26H35N7O5S2/c1-17-9-18(19-11-32(12-19)20-13-33(14-20)23(34)3-6-39(2,35)36)10-22-24(17)38-15-21-25(30-22)28-16-29-26(21)31-4-7-40(27,37)8-5-31/h9-10,16,19-20,27H,3-8,11-15H2,1-2H3,(H,28,29,30). The highest BCUT2D eigenvalue weighted by atomic mass is 32.2. The molecule has 216 valence electrons. The van der Waals surface area contributed by atoms with Crippen LogP contribution in [0.25, 0.3) is 0 Å². The van der Waals surface area contributed by atoms with Crippen molar-refractivity contribution in [2.75, 3.05) is 73.0 Å². The fraction of sp³-hybridized carbons (Fsp3) is 0.577. The quantitative estimate of drug-likeness (QED) is 0.505. The summed E-state index contributed by atoms with van der Waals surface area (Å²) < 4.78 is 49.0. The van der Waals surface area contributed by atoms with Crippen molar-refractivity contribution < 1.29 is 22.2 Å². The minimum atomic E-state index is -3.14. The molecular formula is C26H35N7O5S2. The molecule has 1 aromatic heterocycles. The van der Waals surface area contributed by atoms with E-state index < -0.39 is 19.6 Å². The summed E-state index contributed by atoms with van der Waals surface area (Å²) in [6.45, 7) is 6.53. The van der Waals surface area contributed by atoms with E-state index in [1.807, 2.05) is 6.92 Å². The molecule has 2 N–H and O–H groups in total. The SMILES string of the molecule is Cc1cc(C2CN(C3CN(C(=O)CCS(C)(=O)=O)C3)C2)cc2c1OCc1c(ncnc1N1CCS(=N)(=O)CC1)N2. The zero-order valence-electron chi connectivity index (χ0n) is 22.8. The average Bonchev–Trinajstić information content (AvgIpc) is 3.02. The maximum absolute atomic E-state index is 12.3. The number of carbonyl (C=O) groups is 1. The van der Waals surface area contributed by atoms with Gasteiger partial charge >= 0.3 is 0 Å². The predicted molar refractivity (Wildman–Crippen MR) is 153 cm³/mol. The molecule has 0 atom stereocenters. The van der Waals surface area contributed by atoms with E-state index in [4.69, 9.17) is 9.52 Å². The van der Waals surface area contributed by atoms with Crippen molar-refractivity contribution in [2.24, 2.45) is 0 Å². The Morgan fingerprint density at radius 3 is 2.60 bits per heavy atom. The van der Waals surface area contributed by atoms with Crippen LogP contribution < -0.4 is 15.0 Å². The number of fused-ring (bicyclic) bond motifs is 2. The lowest BCUT2D eigenvalue weighted by atomic mass is 9.87. The molecule has 1 aromatic carbocycles. The molecule has 2 aromatic rings. The number of sulfone groups is 1. The number of aryl methyl sites for hydroxylation is 1. The van der Waals surface area contributed by atoms with Gasteiger partial charge in [0.1, 0.15) is 40.2 Å². The highest BCUT2D eigenvalue weighted by Crippen LogP contribution is 2.42. The molecule has 0 saturated carbocycles. The lowest BCUT2D eigenvalue weighted by Gasteiger charge is -2.52. The Morgan fingerprint density at radius 2 is 1.90 bits per heavy atom. The van der Waals surface area contributed by atoms with Crippen LogP contribution in [0.3, 0.4) is 0 Å². The Kier molecular flexibility index (Phi) is 6.90. The number of ether oxygens (including phenoxy) is 1. The average molecular weight is 590 g/mol. The van der Waals surface area contributed by atoms with E-state index in [9.17, 15) is 17.4 Å². The fourth-order valence-electron chi connectivity index (χ4n) is 5.79. The van der Waals surface area contributed by atoms with Gasteiger partial charge in [-0.2, -0.15) is 0 Å². The van der Waals surface area contributed by atoms with Crippen LogP contribution in [0, 0.1) is 11.7 Å². The molecule has 0 aliphatic carbocycles. The molecule has 14 heteroatoms. The Labute approximate surface area is 235 Å². The molecule has 5 heterocycles. The molecule has 3 fully saturated rings. The van der Waals surface area contributed by atoms with Gasteiger partial charge in [-0.3, -0.25) is 14.5 Å². The number of hydrogen-bond donors (Lipinski definition) is 2. The van der Waals surface area contributed by atoms with E-state index in [-0.39, 0.29) is 18.1 Å². The molecule has 12 nitrogen and oxygen atoms in total. The molecular weight excluding hydrogens is 554 g/mol. The van der Waals surface area contributed by atoms with Crippen molar-refractivity contribution in [1.82, 2.24) is 19.8 Å². The summed E-state index contributed by atoms with van der Waals surface area (Å²) in [6, 6.07) is 4.64. The third-order valence-electron chi connectivity index (χ3n) is 8.31. The van der Waals surface area contributed by atoms with Crippen LogP contribution in [0.2, 0.25) is 0 Å². The van der Waals surface area contributed by atoms with E-state index in [0.29, 0.717) is 62.1 Å². The third kappa shape index (κ3) is 5.48. The predicted octanol–water partition coefficient (Wildman–Crippen LogP) is 1.33. The Bertz CT molecular complexity index is 1540. The molecule has 4 aliphatic rings. The summed E-state index contributed by atoms with van der Waals surface area (Å²) in [5.74, 6) is 3.10. The summed E-state index contributed by atoms with van der Waals surface area (Å²) >= 11 is 0. The molecule has 0 radical (unpaired) electrons. The normalized spacial score (nSPS) is 21.2. The molecule has 4 aliphatic heterocycles. The van der Waals surface area contributed by atoms with Crippen molar-refractivity contribution in [3.63, 3.8) is 0 Å². The number of amides is 1. The molecule has 1 amide bonds. The zero-order chi connectivity index (χ0) is 28.2. The summed E-state index contributed by atoms with van der Waals surface area (Å²) in [5, 5.41) is 3.48. The van der Waals surface area contributed by atoms with E-state index in [1.54, 1.807) is 4.90 Å². The largest absolute Gasteiger partial charge is 0.486 e. The maximum Gasteiger partial charge on any atom is 0.223 e. The number of carbonyl (C=O) groups excluding carboxylic acids is 1. The summed E-state index contributed by atoms with van der Waals surface area (Å²) in [7, 11) is -5.64. The van der Waals surface area contributed by atoms with Crippen molar-refractivity contribution in [3.8, 4) is 5.75 Å². The van der Waals surface area contributed by atoms with Gasteiger partial charge < -0.3 is 19.9 Å². The smallest absolute Gasteiger partial charge is 0.223 e. The topological polar surface area (TPSA) is 149 Å². The van der Waals surface area contributed by atoms with E-state index in [2.05, 4.69) is 37.2 Å². The van der Waals surface area contributed by atoms with Crippen LogP contribution in [0.4, 0.5) is 17.3 Å². The van der Waals surface area contributed by atoms with Crippen LogP contribution in [-0.2, 0) is 31.0 Å². The van der Waals surface area contributed by atoms with Crippen molar-refractivity contribution in [3.05, 3.63) is 35.2 Å². The van der Waals surface area contributed by atoms with Gasteiger partial charge in [-0.15, -0.1) is 0 Å². The number of rotatable bonds is 6. The second-order valence-corrected chi connectivity index (χ2v) is 16.0. The van der Waals surface area contributed by atoms with Crippen LogP contribution in [0.1, 0.15) is 29.0 Å². The first-order valence-corrected chi connectivity index (χ1v) is 17.5. The molecule has 6 rings (SSSR count). The molecule has 0 unspecified atom stereocenters. The lowest BCUT2D eigenvalue weighted by molar-refractivity contribution is -0.139. The zero-order valence-corrected chi connectivity index (χ0v) is 24.4. The number of hydrogen-bond acceptors (Lipinski definition) is 11. The number of anilines is 3. The minimum absolute atomic E-state index is 0.0537. The summed E-state index contributed by atoms with van der Waals surface area (Å²) in [4.78, 5) is 27.5. The third-order valence-corrected chi connectivity index (χ3v) is 10.9. The summed E-state index contributed by atoms with van der Waals surface area (Å²) in [6.07, 6.45) is 2.75. The number of nitrogens with zero attached hydrogens (tertiary/aromatic N) is 5. The van der Waals surface area contributed by atoms with Crippen LogP contribution in [0.15, 0.2) is 18.5 Å². The minimum Gasteiger partial charge on any atom is -0.486 e. The highest BCUT2D eigenvalue weighted by molar-refractivity contribution is 7.92. The molecule has 0 bridgehead atoms. The molecule has 0 spiro atoms.